The summed E-state index contributed by atoms with van der Waals surface area (Å²) < 4.78 is 10.6. The molecule has 1 N–H and O–H groups in total. The van der Waals surface area contributed by atoms with Gasteiger partial charge in [-0.05, 0) is 24.3 Å². The number of aryl methyl sites for hydroxylation is 1. The lowest BCUT2D eigenvalue weighted by molar-refractivity contribution is -0.113. The van der Waals surface area contributed by atoms with Crippen molar-refractivity contribution in [3.63, 3.8) is 0 Å². The van der Waals surface area contributed by atoms with Gasteiger partial charge in [0.05, 0.1) is 5.57 Å². The van der Waals surface area contributed by atoms with Crippen LogP contribution in [0.15, 0.2) is 58.6 Å². The highest BCUT2D eigenvalue weighted by Gasteiger charge is 2.17. The van der Waals surface area contributed by atoms with E-state index in [4.69, 9.17) is 9.26 Å². The highest BCUT2D eigenvalue weighted by Crippen LogP contribution is 2.26. The van der Waals surface area contributed by atoms with E-state index in [1.54, 1.807) is 13.0 Å². The number of nitrogens with one attached hydrogen (secondary N) is 1. The third-order valence-corrected chi connectivity index (χ3v) is 3.83. The van der Waals surface area contributed by atoms with Gasteiger partial charge in [-0.2, -0.15) is 4.98 Å². The van der Waals surface area contributed by atoms with Gasteiger partial charge >= 0.3 is 0 Å². The number of aromatic nitrogens is 2. The number of para-hydroxylation sites is 1. The van der Waals surface area contributed by atoms with E-state index in [9.17, 15) is 4.79 Å². The van der Waals surface area contributed by atoms with Crippen LogP contribution in [0.2, 0.25) is 0 Å². The molecule has 0 unspecified atom stereocenters. The molecule has 0 bridgehead atoms. The molecule has 6 nitrogen and oxygen atoms in total. The van der Waals surface area contributed by atoms with Gasteiger partial charge in [-0.3, -0.25) is 4.79 Å². The molecule has 2 heterocycles. The molecule has 124 valence electrons. The van der Waals surface area contributed by atoms with Gasteiger partial charge in [0.25, 0.3) is 5.91 Å². The van der Waals surface area contributed by atoms with Gasteiger partial charge in [-0.1, -0.05) is 35.5 Å². The average Bonchev–Trinajstić information content (AvgIpc) is 3.08. The summed E-state index contributed by atoms with van der Waals surface area (Å²) in [6.07, 6.45) is 1.85. The zero-order valence-electron chi connectivity index (χ0n) is 13.5. The van der Waals surface area contributed by atoms with E-state index in [1.165, 1.54) is 0 Å². The Hall–Kier alpha value is -3.41. The number of carbonyl (C=O) groups excluding carboxylic acids is 1. The molecule has 1 aromatic heterocycles. The first-order valence-electron chi connectivity index (χ1n) is 7.83. The Morgan fingerprint density at radius 3 is 2.88 bits per heavy atom. The number of rotatable bonds is 3. The van der Waals surface area contributed by atoms with Crippen LogP contribution in [0.3, 0.4) is 0 Å². The molecule has 1 aliphatic heterocycles. The highest BCUT2D eigenvalue weighted by molar-refractivity contribution is 6.07. The van der Waals surface area contributed by atoms with Gasteiger partial charge in [0.2, 0.25) is 11.7 Å². The third-order valence-electron chi connectivity index (χ3n) is 3.83. The van der Waals surface area contributed by atoms with Crippen molar-refractivity contribution in [2.45, 2.75) is 6.92 Å². The first-order chi connectivity index (χ1) is 12.2. The summed E-state index contributed by atoms with van der Waals surface area (Å²) in [5.41, 5.74) is 2.90. The van der Waals surface area contributed by atoms with E-state index in [0.29, 0.717) is 23.0 Å². The second kappa shape index (κ2) is 6.24. The van der Waals surface area contributed by atoms with Crippen LogP contribution in [0.4, 0.5) is 5.69 Å². The molecule has 2 aromatic carbocycles. The number of nitrogens with zero attached hydrogens (tertiary/aromatic N) is 2. The lowest BCUT2D eigenvalue weighted by Crippen LogP contribution is -2.21. The maximum Gasteiger partial charge on any atom is 0.255 e. The van der Waals surface area contributed by atoms with E-state index in [2.05, 4.69) is 15.5 Å². The minimum absolute atomic E-state index is 0.198. The van der Waals surface area contributed by atoms with E-state index in [-0.39, 0.29) is 12.5 Å². The molecule has 0 fully saturated rings. The van der Waals surface area contributed by atoms with E-state index in [0.717, 1.165) is 16.9 Å². The fourth-order valence-electron chi connectivity index (χ4n) is 2.61. The zero-order chi connectivity index (χ0) is 17.2. The SMILES string of the molecule is Cc1nc(-c2cccc(NC(=O)C3=Cc4ccccc4OC3)c2)no1. The lowest BCUT2D eigenvalue weighted by Gasteiger charge is -2.17. The topological polar surface area (TPSA) is 77.2 Å². The van der Waals surface area contributed by atoms with Crippen molar-refractivity contribution in [1.82, 2.24) is 10.1 Å². The van der Waals surface area contributed by atoms with Crippen LogP contribution in [0.5, 0.6) is 5.75 Å². The summed E-state index contributed by atoms with van der Waals surface area (Å²) in [4.78, 5) is 16.7. The Labute approximate surface area is 144 Å². The number of hydrogen-bond acceptors (Lipinski definition) is 5. The number of anilines is 1. The van der Waals surface area contributed by atoms with Crippen molar-refractivity contribution >= 4 is 17.7 Å². The number of carbonyl (C=O) groups is 1. The van der Waals surface area contributed by atoms with Crippen molar-refractivity contribution < 1.29 is 14.1 Å². The summed E-state index contributed by atoms with van der Waals surface area (Å²) in [7, 11) is 0. The predicted molar refractivity (Wildman–Crippen MR) is 93.0 cm³/mol. The molecule has 0 saturated heterocycles. The Balaban J connectivity index is 1.55. The Kier molecular flexibility index (Phi) is 3.78. The van der Waals surface area contributed by atoms with Crippen LogP contribution in [-0.2, 0) is 4.79 Å². The minimum Gasteiger partial charge on any atom is -0.488 e. The molecular formula is C19H15N3O3. The summed E-state index contributed by atoms with van der Waals surface area (Å²) in [5, 5.41) is 6.78. The Morgan fingerprint density at radius 2 is 2.04 bits per heavy atom. The molecule has 3 aromatic rings. The van der Waals surface area contributed by atoms with Gasteiger partial charge in [0, 0.05) is 23.7 Å². The van der Waals surface area contributed by atoms with Crippen LogP contribution in [0, 0.1) is 6.92 Å². The molecule has 0 spiro atoms. The van der Waals surface area contributed by atoms with Crippen LogP contribution >= 0.6 is 0 Å². The van der Waals surface area contributed by atoms with E-state index < -0.39 is 0 Å². The molecule has 4 rings (SSSR count). The fraction of sp³-hybridized carbons (Fsp3) is 0.105. The first-order valence-corrected chi connectivity index (χ1v) is 7.83. The largest absolute Gasteiger partial charge is 0.488 e. The molecule has 1 aliphatic rings. The maximum absolute atomic E-state index is 12.5. The Morgan fingerprint density at radius 1 is 1.16 bits per heavy atom. The predicted octanol–water partition coefficient (Wildman–Crippen LogP) is 3.46. The molecule has 0 aliphatic carbocycles. The molecule has 25 heavy (non-hydrogen) atoms. The normalized spacial score (nSPS) is 12.8. The highest BCUT2D eigenvalue weighted by atomic mass is 16.5. The van der Waals surface area contributed by atoms with Crippen molar-refractivity contribution in [3.05, 3.63) is 65.6 Å². The quantitative estimate of drug-likeness (QED) is 0.794. The Bertz CT molecular complexity index is 975. The minimum atomic E-state index is -0.198. The maximum atomic E-state index is 12.5. The van der Waals surface area contributed by atoms with Crippen LogP contribution in [0.25, 0.3) is 17.5 Å². The molecule has 0 radical (unpaired) electrons. The van der Waals surface area contributed by atoms with Gasteiger partial charge in [0.15, 0.2) is 0 Å². The lowest BCUT2D eigenvalue weighted by atomic mass is 10.1. The first kappa shape index (κ1) is 15.1. The third kappa shape index (κ3) is 3.14. The second-order valence-corrected chi connectivity index (χ2v) is 5.67. The van der Waals surface area contributed by atoms with E-state index >= 15 is 0 Å². The van der Waals surface area contributed by atoms with Crippen molar-refractivity contribution in [2.24, 2.45) is 0 Å². The molecule has 6 heteroatoms. The smallest absolute Gasteiger partial charge is 0.255 e. The van der Waals surface area contributed by atoms with Gasteiger partial charge in [-0.15, -0.1) is 0 Å². The van der Waals surface area contributed by atoms with Gasteiger partial charge in [0.1, 0.15) is 12.4 Å². The average molecular weight is 333 g/mol. The van der Waals surface area contributed by atoms with Crippen molar-refractivity contribution in [2.75, 3.05) is 11.9 Å². The van der Waals surface area contributed by atoms with Gasteiger partial charge < -0.3 is 14.6 Å². The van der Waals surface area contributed by atoms with E-state index in [1.807, 2.05) is 48.5 Å². The zero-order valence-corrected chi connectivity index (χ0v) is 13.5. The van der Waals surface area contributed by atoms with Crippen molar-refractivity contribution in [3.8, 4) is 17.1 Å². The molecule has 0 saturated carbocycles. The monoisotopic (exact) mass is 333 g/mol. The summed E-state index contributed by atoms with van der Waals surface area (Å²) in [6.45, 7) is 1.97. The molecule has 0 atom stereocenters. The summed E-state index contributed by atoms with van der Waals surface area (Å²) in [5.74, 6) is 1.57. The number of ether oxygens (including phenoxy) is 1. The standard InChI is InChI=1S/C19H15N3O3/c1-12-20-18(22-25-12)14-6-4-7-16(10-14)21-19(23)15-9-13-5-2-3-8-17(13)24-11-15/h2-10H,11H2,1H3,(H,21,23). The number of fused-ring (bicyclic) bond motifs is 1. The molecule has 1 amide bonds. The molecular weight excluding hydrogens is 318 g/mol. The van der Waals surface area contributed by atoms with Crippen molar-refractivity contribution in [1.29, 1.82) is 0 Å². The van der Waals surface area contributed by atoms with Gasteiger partial charge in [-0.25, -0.2) is 0 Å². The van der Waals surface area contributed by atoms with Crippen LogP contribution < -0.4 is 10.1 Å². The number of hydrogen-bond donors (Lipinski definition) is 1. The second-order valence-electron chi connectivity index (χ2n) is 5.67. The number of benzene rings is 2. The van der Waals surface area contributed by atoms with Crippen LogP contribution in [0.1, 0.15) is 11.5 Å². The summed E-state index contributed by atoms with van der Waals surface area (Å²) >= 11 is 0. The van der Waals surface area contributed by atoms with Crippen LogP contribution in [-0.4, -0.2) is 22.7 Å². The fourth-order valence-corrected chi connectivity index (χ4v) is 2.61. The number of amides is 1. The summed E-state index contributed by atoms with van der Waals surface area (Å²) in [6, 6.07) is 14.9.